The summed E-state index contributed by atoms with van der Waals surface area (Å²) in [7, 11) is -4.03. The van der Waals surface area contributed by atoms with E-state index in [1.165, 1.54) is 22.7 Å². The third-order valence-electron chi connectivity index (χ3n) is 4.41. The Morgan fingerprint density at radius 2 is 1.82 bits per heavy atom. The first-order valence-corrected chi connectivity index (χ1v) is 11.5. The maximum absolute atomic E-state index is 12.7. The molecule has 6 nitrogen and oxygen atoms in total. The number of amides is 2. The zero-order valence-corrected chi connectivity index (χ0v) is 17.7. The van der Waals surface area contributed by atoms with E-state index in [0.717, 1.165) is 5.56 Å². The lowest BCUT2D eigenvalue weighted by atomic mass is 10.1. The molecule has 2 amide bonds. The summed E-state index contributed by atoms with van der Waals surface area (Å²) < 4.78 is 27.5. The van der Waals surface area contributed by atoms with Crippen molar-refractivity contribution in [3.8, 4) is 0 Å². The van der Waals surface area contributed by atoms with Crippen LogP contribution in [-0.2, 0) is 14.8 Å². The Kier molecular flexibility index (Phi) is 6.02. The van der Waals surface area contributed by atoms with E-state index >= 15 is 0 Å². The van der Waals surface area contributed by atoms with Crippen LogP contribution < -0.4 is 4.72 Å². The van der Waals surface area contributed by atoms with Crippen LogP contribution in [-0.4, -0.2) is 42.8 Å². The first kappa shape index (κ1) is 20.7. The normalized spacial score (nSPS) is 16.8. The van der Waals surface area contributed by atoms with Crippen LogP contribution >= 0.6 is 23.4 Å². The topological polar surface area (TPSA) is 83.6 Å². The minimum atomic E-state index is -4.03. The van der Waals surface area contributed by atoms with Gasteiger partial charge in [-0.05, 0) is 55.3 Å². The van der Waals surface area contributed by atoms with Crippen LogP contribution in [0.1, 0.15) is 21.5 Å². The number of carbonyl (C=O) groups excluding carboxylic acids is 2. The number of nitrogens with one attached hydrogen (secondary N) is 1. The molecule has 0 bridgehead atoms. The van der Waals surface area contributed by atoms with Crippen molar-refractivity contribution in [2.75, 3.05) is 11.6 Å². The molecule has 0 saturated carbocycles. The predicted molar refractivity (Wildman–Crippen MR) is 110 cm³/mol. The molecule has 1 atom stereocenters. The molecule has 0 aliphatic carbocycles. The second-order valence-electron chi connectivity index (χ2n) is 6.54. The van der Waals surface area contributed by atoms with Crippen molar-refractivity contribution in [3.63, 3.8) is 0 Å². The molecule has 1 fully saturated rings. The molecule has 1 N–H and O–H groups in total. The summed E-state index contributed by atoms with van der Waals surface area (Å²) in [4.78, 5) is 26.9. The van der Waals surface area contributed by atoms with Gasteiger partial charge in [0.2, 0.25) is 0 Å². The van der Waals surface area contributed by atoms with E-state index < -0.39 is 22.0 Å². The van der Waals surface area contributed by atoms with Crippen LogP contribution in [0, 0.1) is 13.8 Å². The van der Waals surface area contributed by atoms with E-state index in [-0.39, 0.29) is 10.8 Å². The number of benzene rings is 2. The lowest BCUT2D eigenvalue weighted by Crippen LogP contribution is -2.48. The quantitative estimate of drug-likeness (QED) is 0.793. The highest BCUT2D eigenvalue weighted by atomic mass is 35.5. The molecule has 148 valence electrons. The molecule has 0 spiro atoms. The van der Waals surface area contributed by atoms with Crippen molar-refractivity contribution >= 4 is 45.2 Å². The van der Waals surface area contributed by atoms with E-state index in [1.807, 2.05) is 0 Å². The Morgan fingerprint density at radius 1 is 1.14 bits per heavy atom. The molecule has 1 heterocycles. The van der Waals surface area contributed by atoms with Gasteiger partial charge in [0.25, 0.3) is 21.8 Å². The fourth-order valence-electron chi connectivity index (χ4n) is 2.87. The monoisotopic (exact) mass is 438 g/mol. The summed E-state index contributed by atoms with van der Waals surface area (Å²) in [6.45, 7) is 3.45. The highest BCUT2D eigenvalue weighted by molar-refractivity contribution is 7.99. The van der Waals surface area contributed by atoms with E-state index in [1.54, 1.807) is 50.2 Å². The van der Waals surface area contributed by atoms with Crippen LogP contribution in [0.4, 0.5) is 0 Å². The SMILES string of the molecule is Cc1ccc(C)c(S(=O)(=O)NC(=O)[C@@H]2CSCN2C(=O)c2ccc(Cl)cc2)c1. The number of aryl methyl sites for hydroxylation is 2. The molecular weight excluding hydrogens is 420 g/mol. The van der Waals surface area contributed by atoms with Crippen LogP contribution in [0.25, 0.3) is 0 Å². The molecule has 1 saturated heterocycles. The summed E-state index contributed by atoms with van der Waals surface area (Å²) in [6.07, 6.45) is 0. The molecule has 0 aromatic heterocycles. The Bertz CT molecular complexity index is 1020. The molecule has 2 aromatic rings. The highest BCUT2D eigenvalue weighted by Gasteiger charge is 2.37. The molecule has 2 aromatic carbocycles. The number of rotatable bonds is 4. The maximum Gasteiger partial charge on any atom is 0.264 e. The van der Waals surface area contributed by atoms with Gasteiger partial charge in [-0.25, -0.2) is 13.1 Å². The largest absolute Gasteiger partial charge is 0.316 e. The van der Waals surface area contributed by atoms with E-state index in [4.69, 9.17) is 11.6 Å². The fraction of sp³-hybridized carbons (Fsp3) is 0.263. The smallest absolute Gasteiger partial charge is 0.264 e. The Labute approximate surface area is 173 Å². The van der Waals surface area contributed by atoms with Crippen molar-refractivity contribution in [1.29, 1.82) is 0 Å². The van der Waals surface area contributed by atoms with E-state index in [0.29, 0.717) is 27.8 Å². The average molecular weight is 439 g/mol. The van der Waals surface area contributed by atoms with Crippen LogP contribution in [0.2, 0.25) is 5.02 Å². The summed E-state index contributed by atoms with van der Waals surface area (Å²) in [5.74, 6) is -0.421. The van der Waals surface area contributed by atoms with Gasteiger partial charge in [-0.3, -0.25) is 9.59 Å². The summed E-state index contributed by atoms with van der Waals surface area (Å²) in [5, 5.41) is 0.501. The van der Waals surface area contributed by atoms with Crippen LogP contribution in [0.3, 0.4) is 0 Å². The van der Waals surface area contributed by atoms with Gasteiger partial charge in [-0.1, -0.05) is 23.7 Å². The number of thioether (sulfide) groups is 1. The van der Waals surface area contributed by atoms with Gasteiger partial charge < -0.3 is 4.90 Å². The minimum Gasteiger partial charge on any atom is -0.316 e. The summed E-state index contributed by atoms with van der Waals surface area (Å²) in [6, 6.07) is 10.5. The highest BCUT2D eigenvalue weighted by Crippen LogP contribution is 2.25. The van der Waals surface area contributed by atoms with Crippen LogP contribution in [0.5, 0.6) is 0 Å². The van der Waals surface area contributed by atoms with Crippen LogP contribution in [0.15, 0.2) is 47.4 Å². The molecule has 9 heteroatoms. The van der Waals surface area contributed by atoms with Crippen molar-refractivity contribution < 1.29 is 18.0 Å². The molecule has 1 aliphatic heterocycles. The van der Waals surface area contributed by atoms with Gasteiger partial charge >= 0.3 is 0 Å². The maximum atomic E-state index is 12.7. The lowest BCUT2D eigenvalue weighted by molar-refractivity contribution is -0.122. The fourth-order valence-corrected chi connectivity index (χ4v) is 5.49. The van der Waals surface area contributed by atoms with Gasteiger partial charge in [0.15, 0.2) is 0 Å². The first-order chi connectivity index (χ1) is 13.2. The number of hydrogen-bond acceptors (Lipinski definition) is 5. The summed E-state index contributed by atoms with van der Waals surface area (Å²) >= 11 is 7.25. The second-order valence-corrected chi connectivity index (χ2v) is 9.62. The van der Waals surface area contributed by atoms with Gasteiger partial charge in [0, 0.05) is 16.3 Å². The first-order valence-electron chi connectivity index (χ1n) is 8.47. The van der Waals surface area contributed by atoms with Crippen molar-refractivity contribution in [2.24, 2.45) is 0 Å². The molecule has 0 unspecified atom stereocenters. The standard InChI is InChI=1S/C19H19ClN2O4S2/c1-12-3-4-13(2)17(9-12)28(25,26)21-18(23)16-10-27-11-22(16)19(24)14-5-7-15(20)8-6-14/h3-9,16H,10-11H2,1-2H3,(H,21,23)/t16-/m0/s1. The molecule has 28 heavy (non-hydrogen) atoms. The Hall–Kier alpha value is -2.03. The average Bonchev–Trinajstić information content (AvgIpc) is 3.13. The van der Waals surface area contributed by atoms with Crippen molar-refractivity contribution in [3.05, 3.63) is 64.2 Å². The van der Waals surface area contributed by atoms with Gasteiger partial charge in [0.1, 0.15) is 6.04 Å². The number of sulfonamides is 1. The molecule has 0 radical (unpaired) electrons. The second kappa shape index (κ2) is 8.14. The predicted octanol–water partition coefficient (Wildman–Crippen LogP) is 2.98. The molecular formula is C19H19ClN2O4S2. The third-order valence-corrected chi connectivity index (χ3v) is 7.16. The van der Waals surface area contributed by atoms with Gasteiger partial charge in [-0.2, -0.15) is 0 Å². The Morgan fingerprint density at radius 3 is 2.50 bits per heavy atom. The Balaban J connectivity index is 1.80. The zero-order chi connectivity index (χ0) is 20.5. The minimum absolute atomic E-state index is 0.0575. The third kappa shape index (κ3) is 4.34. The number of nitrogens with zero attached hydrogens (tertiary/aromatic N) is 1. The number of hydrogen-bond donors (Lipinski definition) is 1. The van der Waals surface area contributed by atoms with Gasteiger partial charge in [-0.15, -0.1) is 11.8 Å². The van der Waals surface area contributed by atoms with Crippen molar-refractivity contribution in [1.82, 2.24) is 9.62 Å². The number of carbonyl (C=O) groups is 2. The number of halogens is 1. The molecule has 1 aliphatic rings. The lowest BCUT2D eigenvalue weighted by Gasteiger charge is -2.23. The zero-order valence-electron chi connectivity index (χ0n) is 15.3. The van der Waals surface area contributed by atoms with E-state index in [2.05, 4.69) is 4.72 Å². The van der Waals surface area contributed by atoms with E-state index in [9.17, 15) is 18.0 Å². The van der Waals surface area contributed by atoms with Gasteiger partial charge in [0.05, 0.1) is 10.8 Å². The molecule has 3 rings (SSSR count). The van der Waals surface area contributed by atoms with Crippen molar-refractivity contribution in [2.45, 2.75) is 24.8 Å². The summed E-state index contributed by atoms with van der Waals surface area (Å²) in [5.41, 5.74) is 1.71.